The van der Waals surface area contributed by atoms with Gasteiger partial charge in [0.05, 0.1) is 12.7 Å². The van der Waals surface area contributed by atoms with Crippen molar-refractivity contribution in [3.8, 4) is 0 Å². The maximum atomic E-state index is 5.71. The van der Waals surface area contributed by atoms with E-state index >= 15 is 0 Å². The van der Waals surface area contributed by atoms with Crippen LogP contribution in [0.5, 0.6) is 0 Å². The average molecular weight is 238 g/mol. The monoisotopic (exact) mass is 238 g/mol. The highest BCUT2D eigenvalue weighted by atomic mass is 32.2. The van der Waals surface area contributed by atoms with Crippen LogP contribution in [0.4, 0.5) is 5.69 Å². The summed E-state index contributed by atoms with van der Waals surface area (Å²) in [6.07, 6.45) is 0.348. The molecule has 1 heterocycles. The Balaban J connectivity index is 1.80. The number of ether oxygens (including phenoxy) is 1. The summed E-state index contributed by atoms with van der Waals surface area (Å²) in [5, 5.41) is 0. The molecule has 1 unspecified atom stereocenters. The summed E-state index contributed by atoms with van der Waals surface area (Å²) < 4.78 is 5.71. The quantitative estimate of drug-likeness (QED) is 0.642. The van der Waals surface area contributed by atoms with Crippen LogP contribution in [0.2, 0.25) is 0 Å². The van der Waals surface area contributed by atoms with E-state index in [0.29, 0.717) is 6.10 Å². The SMILES string of the molecule is CN1CCOC(CSc2ccc(N)cc2)C1. The van der Waals surface area contributed by atoms with Crippen molar-refractivity contribution in [2.75, 3.05) is 38.2 Å². The van der Waals surface area contributed by atoms with E-state index in [1.54, 1.807) is 0 Å². The molecular weight excluding hydrogens is 220 g/mol. The summed E-state index contributed by atoms with van der Waals surface area (Å²) in [7, 11) is 2.14. The number of hydrogen-bond donors (Lipinski definition) is 1. The summed E-state index contributed by atoms with van der Waals surface area (Å²) >= 11 is 1.83. The molecule has 3 nitrogen and oxygen atoms in total. The average Bonchev–Trinajstić information content (AvgIpc) is 2.28. The van der Waals surface area contributed by atoms with Gasteiger partial charge in [0, 0.05) is 29.4 Å². The number of nitrogens with zero attached hydrogens (tertiary/aromatic N) is 1. The lowest BCUT2D eigenvalue weighted by Gasteiger charge is -2.29. The van der Waals surface area contributed by atoms with Gasteiger partial charge in [-0.25, -0.2) is 0 Å². The second-order valence-electron chi connectivity index (χ2n) is 4.14. The van der Waals surface area contributed by atoms with E-state index in [4.69, 9.17) is 10.5 Å². The van der Waals surface area contributed by atoms with Gasteiger partial charge in [-0.2, -0.15) is 0 Å². The Morgan fingerprint density at radius 3 is 2.88 bits per heavy atom. The van der Waals surface area contributed by atoms with Crippen LogP contribution in [0.15, 0.2) is 29.2 Å². The molecule has 1 saturated heterocycles. The minimum atomic E-state index is 0.348. The first kappa shape index (κ1) is 11.8. The zero-order valence-electron chi connectivity index (χ0n) is 9.56. The molecule has 0 bridgehead atoms. The van der Waals surface area contributed by atoms with E-state index in [-0.39, 0.29) is 0 Å². The maximum Gasteiger partial charge on any atom is 0.0796 e. The fraction of sp³-hybridized carbons (Fsp3) is 0.500. The predicted molar refractivity (Wildman–Crippen MR) is 68.8 cm³/mol. The molecule has 1 fully saturated rings. The van der Waals surface area contributed by atoms with E-state index in [1.807, 2.05) is 23.9 Å². The van der Waals surface area contributed by atoms with Gasteiger partial charge in [0.15, 0.2) is 0 Å². The van der Waals surface area contributed by atoms with Gasteiger partial charge in [-0.1, -0.05) is 0 Å². The second-order valence-corrected chi connectivity index (χ2v) is 5.23. The number of anilines is 1. The molecule has 4 heteroatoms. The van der Waals surface area contributed by atoms with Crippen LogP contribution in [0.1, 0.15) is 0 Å². The third-order valence-corrected chi connectivity index (χ3v) is 3.80. The van der Waals surface area contributed by atoms with Gasteiger partial charge in [-0.05, 0) is 31.3 Å². The van der Waals surface area contributed by atoms with E-state index in [9.17, 15) is 0 Å². The first-order chi connectivity index (χ1) is 7.74. The zero-order valence-corrected chi connectivity index (χ0v) is 10.4. The molecule has 1 atom stereocenters. The Morgan fingerprint density at radius 2 is 2.19 bits per heavy atom. The lowest BCUT2D eigenvalue weighted by atomic mass is 10.3. The second kappa shape index (κ2) is 5.57. The van der Waals surface area contributed by atoms with Crippen molar-refractivity contribution in [3.63, 3.8) is 0 Å². The van der Waals surface area contributed by atoms with Crippen molar-refractivity contribution in [3.05, 3.63) is 24.3 Å². The molecule has 0 saturated carbocycles. The Labute approximate surface area is 101 Å². The molecule has 1 aliphatic rings. The molecule has 16 heavy (non-hydrogen) atoms. The summed E-state index contributed by atoms with van der Waals surface area (Å²) in [6.45, 7) is 2.93. The number of hydrogen-bond acceptors (Lipinski definition) is 4. The number of rotatable bonds is 3. The Morgan fingerprint density at radius 1 is 1.44 bits per heavy atom. The van der Waals surface area contributed by atoms with Crippen LogP contribution < -0.4 is 5.73 Å². The van der Waals surface area contributed by atoms with E-state index < -0.39 is 0 Å². The molecule has 1 aromatic carbocycles. The number of morpholine rings is 1. The Bertz CT molecular complexity index is 328. The molecule has 1 aromatic rings. The minimum absolute atomic E-state index is 0.348. The van der Waals surface area contributed by atoms with Crippen LogP contribution in [-0.2, 0) is 4.74 Å². The Hall–Kier alpha value is -0.710. The molecule has 2 rings (SSSR count). The fourth-order valence-electron chi connectivity index (χ4n) is 1.72. The van der Waals surface area contributed by atoms with Crippen molar-refractivity contribution >= 4 is 17.4 Å². The first-order valence-corrected chi connectivity index (χ1v) is 6.51. The van der Waals surface area contributed by atoms with Gasteiger partial charge in [0.25, 0.3) is 0 Å². The van der Waals surface area contributed by atoms with Gasteiger partial charge in [0.2, 0.25) is 0 Å². The molecule has 0 aliphatic carbocycles. The van der Waals surface area contributed by atoms with Gasteiger partial charge in [-0.15, -0.1) is 11.8 Å². The van der Waals surface area contributed by atoms with Gasteiger partial charge in [0.1, 0.15) is 0 Å². The topological polar surface area (TPSA) is 38.5 Å². The lowest BCUT2D eigenvalue weighted by molar-refractivity contribution is -0.00598. The number of benzene rings is 1. The Kier molecular flexibility index (Phi) is 4.09. The number of nitrogen functional groups attached to an aromatic ring is 1. The van der Waals surface area contributed by atoms with Crippen LogP contribution in [-0.4, -0.2) is 43.5 Å². The summed E-state index contributed by atoms with van der Waals surface area (Å²) in [5.41, 5.74) is 6.46. The summed E-state index contributed by atoms with van der Waals surface area (Å²) in [6, 6.07) is 8.01. The molecule has 0 amide bonds. The normalized spacial score (nSPS) is 22.2. The summed E-state index contributed by atoms with van der Waals surface area (Å²) in [4.78, 5) is 3.57. The van der Waals surface area contributed by atoms with E-state index in [0.717, 1.165) is 31.1 Å². The minimum Gasteiger partial charge on any atom is -0.399 e. The maximum absolute atomic E-state index is 5.71. The first-order valence-electron chi connectivity index (χ1n) is 5.52. The van der Waals surface area contributed by atoms with Crippen molar-refractivity contribution in [2.24, 2.45) is 0 Å². The van der Waals surface area contributed by atoms with Gasteiger partial charge in [-0.3, -0.25) is 0 Å². The highest BCUT2D eigenvalue weighted by Crippen LogP contribution is 2.21. The highest BCUT2D eigenvalue weighted by molar-refractivity contribution is 7.99. The molecule has 1 aliphatic heterocycles. The van der Waals surface area contributed by atoms with Crippen LogP contribution in [0.25, 0.3) is 0 Å². The molecule has 0 radical (unpaired) electrons. The zero-order chi connectivity index (χ0) is 11.4. The fourth-order valence-corrected chi connectivity index (χ4v) is 2.63. The van der Waals surface area contributed by atoms with Crippen molar-refractivity contribution < 1.29 is 4.74 Å². The van der Waals surface area contributed by atoms with Crippen molar-refractivity contribution in [1.29, 1.82) is 0 Å². The highest BCUT2D eigenvalue weighted by Gasteiger charge is 2.17. The third-order valence-electron chi connectivity index (χ3n) is 2.66. The van der Waals surface area contributed by atoms with Gasteiger partial charge < -0.3 is 15.4 Å². The molecule has 2 N–H and O–H groups in total. The predicted octanol–water partition coefficient (Wildman–Crippen LogP) is 1.69. The molecule has 0 aromatic heterocycles. The molecule has 0 spiro atoms. The number of nitrogens with two attached hydrogens (primary N) is 1. The smallest absolute Gasteiger partial charge is 0.0796 e. The molecule has 88 valence electrons. The van der Waals surface area contributed by atoms with Crippen LogP contribution in [0, 0.1) is 0 Å². The largest absolute Gasteiger partial charge is 0.399 e. The summed E-state index contributed by atoms with van der Waals surface area (Å²) in [5.74, 6) is 1.01. The van der Waals surface area contributed by atoms with Crippen LogP contribution in [0.3, 0.4) is 0 Å². The number of likely N-dealkylation sites (N-methyl/N-ethyl adjacent to an activating group) is 1. The lowest BCUT2D eigenvalue weighted by Crippen LogP contribution is -2.41. The van der Waals surface area contributed by atoms with E-state index in [2.05, 4.69) is 24.1 Å². The number of thioether (sulfide) groups is 1. The van der Waals surface area contributed by atoms with E-state index in [1.165, 1.54) is 4.90 Å². The van der Waals surface area contributed by atoms with Gasteiger partial charge >= 0.3 is 0 Å². The van der Waals surface area contributed by atoms with Crippen molar-refractivity contribution in [2.45, 2.75) is 11.0 Å². The van der Waals surface area contributed by atoms with Crippen LogP contribution >= 0.6 is 11.8 Å². The van der Waals surface area contributed by atoms with Crippen molar-refractivity contribution in [1.82, 2.24) is 4.90 Å². The standard InChI is InChI=1S/C12H18N2OS/c1-14-6-7-15-11(8-14)9-16-12-4-2-10(13)3-5-12/h2-5,11H,6-9,13H2,1H3. The third kappa shape index (κ3) is 3.40. The molecular formula is C12H18N2OS.